The smallest absolute Gasteiger partial charge is 0.475 e. The van der Waals surface area contributed by atoms with Gasteiger partial charge in [0.1, 0.15) is 0 Å². The lowest BCUT2D eigenvalue weighted by Crippen LogP contribution is -2.21. The summed E-state index contributed by atoms with van der Waals surface area (Å²) in [4.78, 5) is 19.5. The van der Waals surface area contributed by atoms with Crippen molar-refractivity contribution < 1.29 is 41.0 Å². The van der Waals surface area contributed by atoms with Crippen LogP contribution in [0, 0.1) is 0 Å². The van der Waals surface area contributed by atoms with Crippen molar-refractivity contribution in [2.24, 2.45) is 5.73 Å². The van der Waals surface area contributed by atoms with Gasteiger partial charge in [-0.05, 0) is 23.9 Å². The minimum Gasteiger partial charge on any atom is -0.475 e. The fraction of sp³-hybridized carbons (Fsp3) is 0.200. The molecule has 0 saturated carbocycles. The highest BCUT2D eigenvalue weighted by Gasteiger charge is 2.38. The third-order valence-corrected chi connectivity index (χ3v) is 2.43. The van der Waals surface area contributed by atoms with Crippen molar-refractivity contribution in [3.05, 3.63) is 29.8 Å². The third kappa shape index (κ3) is 8.07. The fourth-order valence-electron chi connectivity index (χ4n) is 0.884. The van der Waals surface area contributed by atoms with Crippen LogP contribution in [0.5, 0.6) is 0 Å². The quantitative estimate of drug-likeness (QED) is 0.643. The molecule has 0 aromatic heterocycles. The second-order valence-corrected chi connectivity index (χ2v) is 4.32. The van der Waals surface area contributed by atoms with Crippen molar-refractivity contribution >= 4 is 23.6 Å². The summed E-state index contributed by atoms with van der Waals surface area (Å²) in [6, 6.07) is 5.34. The molecule has 3 N–H and O–H groups in total. The van der Waals surface area contributed by atoms with Gasteiger partial charge in [-0.2, -0.15) is 26.3 Å². The zero-order chi connectivity index (χ0) is 16.8. The number of amides is 1. The molecule has 118 valence electrons. The molecule has 0 heterocycles. The maximum absolute atomic E-state index is 12.0. The lowest BCUT2D eigenvalue weighted by atomic mass is 10.2. The van der Waals surface area contributed by atoms with Gasteiger partial charge in [0, 0.05) is 4.90 Å². The first-order chi connectivity index (χ1) is 9.34. The Morgan fingerprint density at radius 2 is 1.48 bits per heavy atom. The maximum atomic E-state index is 12.0. The molecule has 21 heavy (non-hydrogen) atoms. The molecule has 1 rings (SSSR count). The Balaban J connectivity index is 0.000000486. The number of carbonyl (C=O) groups is 2. The fourth-order valence-corrected chi connectivity index (χ4v) is 1.56. The molecule has 0 aliphatic rings. The van der Waals surface area contributed by atoms with Crippen molar-refractivity contribution in [3.8, 4) is 0 Å². The van der Waals surface area contributed by atoms with Crippen molar-refractivity contribution in [2.75, 3.05) is 0 Å². The van der Waals surface area contributed by atoms with E-state index in [2.05, 4.69) is 0 Å². The van der Waals surface area contributed by atoms with Gasteiger partial charge >= 0.3 is 17.7 Å². The number of thioether (sulfide) groups is 1. The van der Waals surface area contributed by atoms with E-state index in [-0.39, 0.29) is 22.2 Å². The summed E-state index contributed by atoms with van der Waals surface area (Å²) in [6.45, 7) is 0. The summed E-state index contributed by atoms with van der Waals surface area (Å²) in [5, 5.41) is 7.12. The third-order valence-electron chi connectivity index (χ3n) is 1.62. The highest BCUT2D eigenvalue weighted by atomic mass is 32.2. The monoisotopic (exact) mass is 335 g/mol. The molecule has 0 radical (unpaired) electrons. The van der Waals surface area contributed by atoms with Crippen molar-refractivity contribution in [1.29, 1.82) is 0 Å². The normalized spacial score (nSPS) is 11.3. The Morgan fingerprint density at radius 1 is 1.05 bits per heavy atom. The Labute approximate surface area is 117 Å². The van der Waals surface area contributed by atoms with E-state index in [0.29, 0.717) is 0 Å². The molecule has 0 aliphatic heterocycles. The first-order valence-electron chi connectivity index (χ1n) is 4.79. The van der Waals surface area contributed by atoms with Crippen LogP contribution in [0.4, 0.5) is 26.3 Å². The van der Waals surface area contributed by atoms with Gasteiger partial charge in [-0.1, -0.05) is 12.1 Å². The highest BCUT2D eigenvalue weighted by molar-refractivity contribution is 8.00. The van der Waals surface area contributed by atoms with E-state index in [1.165, 1.54) is 24.3 Å². The second kappa shape index (κ2) is 7.20. The van der Waals surface area contributed by atoms with Crippen LogP contribution in [0.2, 0.25) is 0 Å². The molecule has 11 heteroatoms. The largest absolute Gasteiger partial charge is 0.490 e. The molecule has 0 saturated heterocycles. The number of carboxylic acid groups (broad SMARTS) is 1. The van der Waals surface area contributed by atoms with Crippen LogP contribution in [0.25, 0.3) is 0 Å². The number of rotatable bonds is 2. The van der Waals surface area contributed by atoms with Crippen molar-refractivity contribution in [3.63, 3.8) is 0 Å². The van der Waals surface area contributed by atoms with E-state index in [4.69, 9.17) is 15.6 Å². The molecule has 1 aromatic carbocycles. The minimum absolute atomic E-state index is 0.116. The summed E-state index contributed by atoms with van der Waals surface area (Å²) < 4.78 is 67.7. The van der Waals surface area contributed by atoms with E-state index in [9.17, 15) is 31.1 Å². The summed E-state index contributed by atoms with van der Waals surface area (Å²) in [5.41, 5.74) is 0.387. The van der Waals surface area contributed by atoms with Gasteiger partial charge in [-0.25, -0.2) is 4.79 Å². The summed E-state index contributed by atoms with van der Waals surface area (Å²) in [7, 11) is 0. The lowest BCUT2D eigenvalue weighted by molar-refractivity contribution is -0.192. The molecule has 1 amide bonds. The molecule has 0 aliphatic carbocycles. The van der Waals surface area contributed by atoms with Gasteiger partial charge in [0.05, 0.1) is 5.56 Å². The van der Waals surface area contributed by atoms with E-state index in [1.807, 2.05) is 0 Å². The number of hydrogen-bond donors (Lipinski definition) is 2. The van der Waals surface area contributed by atoms with E-state index in [0.717, 1.165) is 0 Å². The van der Waals surface area contributed by atoms with Gasteiger partial charge in [0.25, 0.3) is 0 Å². The Morgan fingerprint density at radius 3 is 1.81 bits per heavy atom. The molecule has 0 spiro atoms. The van der Waals surface area contributed by atoms with Gasteiger partial charge < -0.3 is 10.8 Å². The zero-order valence-corrected chi connectivity index (χ0v) is 10.6. The van der Waals surface area contributed by atoms with Gasteiger partial charge in [-0.3, -0.25) is 4.79 Å². The van der Waals surface area contributed by atoms with Gasteiger partial charge in [0.2, 0.25) is 5.91 Å². The van der Waals surface area contributed by atoms with Crippen LogP contribution >= 0.6 is 11.8 Å². The van der Waals surface area contributed by atoms with Crippen LogP contribution in [0.15, 0.2) is 29.2 Å². The Bertz CT molecular complexity index is 514. The number of carbonyl (C=O) groups excluding carboxylic acids is 1. The average molecular weight is 335 g/mol. The number of hydrogen-bond acceptors (Lipinski definition) is 3. The maximum Gasteiger partial charge on any atom is 0.490 e. The first-order valence-corrected chi connectivity index (χ1v) is 5.61. The SMILES string of the molecule is NC(=O)c1ccccc1SC(F)(F)F.O=C(O)C(F)(F)F. The van der Waals surface area contributed by atoms with Crippen molar-refractivity contribution in [1.82, 2.24) is 0 Å². The molecule has 1 aromatic rings. The van der Waals surface area contributed by atoms with Crippen molar-refractivity contribution in [2.45, 2.75) is 16.6 Å². The Kier molecular flexibility index (Phi) is 6.54. The first kappa shape index (κ1) is 19.1. The summed E-state index contributed by atoms with van der Waals surface area (Å²) in [6.07, 6.45) is -5.08. The van der Waals surface area contributed by atoms with Crippen LogP contribution in [-0.4, -0.2) is 28.7 Å². The van der Waals surface area contributed by atoms with E-state index < -0.39 is 23.6 Å². The van der Waals surface area contributed by atoms with Gasteiger partial charge in [-0.15, -0.1) is 0 Å². The highest BCUT2D eigenvalue weighted by Crippen LogP contribution is 2.38. The zero-order valence-electron chi connectivity index (χ0n) is 9.83. The molecular formula is C10H7F6NO3S. The summed E-state index contributed by atoms with van der Waals surface area (Å²) in [5.74, 6) is -3.62. The number of benzene rings is 1. The molecule has 4 nitrogen and oxygen atoms in total. The standard InChI is InChI=1S/C8H6F3NOS.C2HF3O2/c9-8(10,11)14-6-4-2-1-3-5(6)7(12)13;3-2(4,5)1(6)7/h1-4H,(H2,12,13);(H,6,7). The average Bonchev–Trinajstić information content (AvgIpc) is 2.26. The van der Waals surface area contributed by atoms with Gasteiger partial charge in [0.15, 0.2) is 0 Å². The Hall–Kier alpha value is -1.91. The predicted molar refractivity (Wildman–Crippen MR) is 60.6 cm³/mol. The molecule has 0 fully saturated rings. The molecule has 0 atom stereocenters. The molecule has 0 unspecified atom stereocenters. The van der Waals surface area contributed by atoms with E-state index in [1.54, 1.807) is 0 Å². The van der Waals surface area contributed by atoms with E-state index >= 15 is 0 Å². The van der Waals surface area contributed by atoms with Crippen LogP contribution < -0.4 is 5.73 Å². The molecule has 0 bridgehead atoms. The number of aliphatic carboxylic acids is 1. The number of primary amides is 1. The summed E-state index contributed by atoms with van der Waals surface area (Å²) >= 11 is -0.345. The molecular weight excluding hydrogens is 328 g/mol. The topological polar surface area (TPSA) is 80.4 Å². The number of carboxylic acids is 1. The van der Waals surface area contributed by atoms with Crippen LogP contribution in [0.1, 0.15) is 10.4 Å². The van der Waals surface area contributed by atoms with Crippen LogP contribution in [-0.2, 0) is 4.79 Å². The predicted octanol–water partition coefficient (Wildman–Crippen LogP) is 3.03. The number of halogens is 6. The van der Waals surface area contributed by atoms with Crippen LogP contribution in [0.3, 0.4) is 0 Å². The lowest BCUT2D eigenvalue weighted by Gasteiger charge is -2.07. The minimum atomic E-state index is -5.08. The number of alkyl halides is 6. The second-order valence-electron chi connectivity index (χ2n) is 3.21. The number of nitrogens with two attached hydrogens (primary N) is 1.